The van der Waals surface area contributed by atoms with Crippen LogP contribution in [0.15, 0.2) is 18.5 Å². The Labute approximate surface area is 96.7 Å². The monoisotopic (exact) mass is 220 g/mol. The normalized spacial score (nSPS) is 27.6. The number of nitrogens with zero attached hydrogens (tertiary/aromatic N) is 1. The molecule has 88 valence electrons. The Bertz CT molecular complexity index is 346. The van der Waals surface area contributed by atoms with Crippen LogP contribution in [-0.2, 0) is 0 Å². The lowest BCUT2D eigenvalue weighted by Gasteiger charge is -2.30. The van der Waals surface area contributed by atoms with E-state index in [2.05, 4.69) is 11.9 Å². The molecule has 1 heterocycles. The van der Waals surface area contributed by atoms with E-state index in [0.717, 1.165) is 24.3 Å². The van der Waals surface area contributed by atoms with Crippen molar-refractivity contribution in [1.29, 1.82) is 0 Å². The molecule has 0 aromatic carbocycles. The maximum Gasteiger partial charge on any atom is 0.0853 e. The van der Waals surface area contributed by atoms with Crippen LogP contribution in [-0.4, -0.2) is 10.1 Å². The number of anilines is 1. The van der Waals surface area contributed by atoms with Crippen LogP contribution in [0, 0.1) is 11.8 Å². The third kappa shape index (κ3) is 2.35. The third-order valence-electron chi connectivity index (χ3n) is 3.71. The summed E-state index contributed by atoms with van der Waals surface area (Å²) in [7, 11) is 0. The minimum absolute atomic E-state index is 0.350. The molecule has 0 bridgehead atoms. The van der Waals surface area contributed by atoms with Gasteiger partial charge in [0.25, 0.3) is 0 Å². The summed E-state index contributed by atoms with van der Waals surface area (Å²) in [5, 5.41) is 10.3. The van der Waals surface area contributed by atoms with E-state index in [4.69, 9.17) is 5.73 Å². The number of hydrogen-bond donors (Lipinski definition) is 2. The molecule has 1 aromatic heterocycles. The molecule has 3 heteroatoms. The second-order valence-electron chi connectivity index (χ2n) is 4.97. The number of aromatic nitrogens is 1. The van der Waals surface area contributed by atoms with Gasteiger partial charge >= 0.3 is 0 Å². The number of hydrogen-bond acceptors (Lipinski definition) is 3. The summed E-state index contributed by atoms with van der Waals surface area (Å²) in [4.78, 5) is 4.04. The zero-order valence-electron chi connectivity index (χ0n) is 9.76. The molecule has 0 saturated heterocycles. The smallest absolute Gasteiger partial charge is 0.0853 e. The van der Waals surface area contributed by atoms with Gasteiger partial charge in [-0.2, -0.15) is 0 Å². The molecule has 16 heavy (non-hydrogen) atoms. The van der Waals surface area contributed by atoms with Crippen molar-refractivity contribution in [2.75, 3.05) is 5.73 Å². The molecular formula is C13H20N2O. The molecule has 3 nitrogen and oxygen atoms in total. The molecule has 2 rings (SSSR count). The molecule has 1 unspecified atom stereocenters. The van der Waals surface area contributed by atoms with Crippen LogP contribution in [0.2, 0.25) is 0 Å². The van der Waals surface area contributed by atoms with Gasteiger partial charge in [-0.05, 0) is 30.7 Å². The highest BCUT2D eigenvalue weighted by atomic mass is 16.3. The quantitative estimate of drug-likeness (QED) is 0.805. The first-order chi connectivity index (χ1) is 7.68. The van der Waals surface area contributed by atoms with Crippen molar-refractivity contribution in [2.45, 2.75) is 38.7 Å². The van der Waals surface area contributed by atoms with Gasteiger partial charge in [0, 0.05) is 23.6 Å². The highest BCUT2D eigenvalue weighted by molar-refractivity contribution is 5.45. The number of aliphatic hydroxyl groups excluding tert-OH is 1. The predicted molar refractivity (Wildman–Crippen MR) is 64.7 cm³/mol. The van der Waals surface area contributed by atoms with Crippen LogP contribution >= 0.6 is 0 Å². The largest absolute Gasteiger partial charge is 0.398 e. The minimum Gasteiger partial charge on any atom is -0.398 e. The number of pyridine rings is 1. The van der Waals surface area contributed by atoms with E-state index in [1.807, 2.05) is 0 Å². The van der Waals surface area contributed by atoms with Crippen molar-refractivity contribution in [1.82, 2.24) is 4.98 Å². The van der Waals surface area contributed by atoms with Crippen LogP contribution in [0.1, 0.15) is 44.3 Å². The molecule has 1 aromatic rings. The highest BCUT2D eigenvalue weighted by Gasteiger charge is 2.26. The number of nitrogens with two attached hydrogens (primary N) is 1. The number of nitrogen functional groups attached to an aromatic ring is 1. The zero-order valence-corrected chi connectivity index (χ0v) is 9.76. The van der Waals surface area contributed by atoms with Gasteiger partial charge in [-0.15, -0.1) is 0 Å². The fourth-order valence-corrected chi connectivity index (χ4v) is 2.52. The summed E-state index contributed by atoms with van der Waals surface area (Å²) in [6.07, 6.45) is 7.52. The molecule has 0 amide bonds. The SMILES string of the molecule is CC1CCC(C(O)c2cnccc2N)CC1. The number of aliphatic hydroxyl groups is 1. The van der Waals surface area contributed by atoms with E-state index in [-0.39, 0.29) is 0 Å². The topological polar surface area (TPSA) is 59.1 Å². The molecule has 0 aliphatic heterocycles. The zero-order chi connectivity index (χ0) is 11.5. The average molecular weight is 220 g/mol. The van der Waals surface area contributed by atoms with Crippen LogP contribution in [0.4, 0.5) is 5.69 Å². The van der Waals surface area contributed by atoms with Gasteiger partial charge in [0.2, 0.25) is 0 Å². The van der Waals surface area contributed by atoms with Gasteiger partial charge in [0.1, 0.15) is 0 Å². The molecule has 1 atom stereocenters. The maximum atomic E-state index is 10.3. The van der Waals surface area contributed by atoms with Gasteiger partial charge in [-0.3, -0.25) is 4.98 Å². The summed E-state index contributed by atoms with van der Waals surface area (Å²) in [5.41, 5.74) is 7.30. The first-order valence-electron chi connectivity index (χ1n) is 6.06. The Kier molecular flexibility index (Phi) is 3.44. The summed E-state index contributed by atoms with van der Waals surface area (Å²) < 4.78 is 0. The lowest BCUT2D eigenvalue weighted by molar-refractivity contribution is 0.0759. The molecule has 1 aliphatic carbocycles. The second-order valence-corrected chi connectivity index (χ2v) is 4.97. The van der Waals surface area contributed by atoms with Crippen LogP contribution < -0.4 is 5.73 Å². The first kappa shape index (κ1) is 11.4. The average Bonchev–Trinajstić information content (AvgIpc) is 2.30. The molecule has 0 radical (unpaired) electrons. The first-order valence-corrected chi connectivity index (χ1v) is 6.06. The van der Waals surface area contributed by atoms with Gasteiger partial charge in [-0.1, -0.05) is 19.8 Å². The van der Waals surface area contributed by atoms with E-state index in [1.54, 1.807) is 18.5 Å². The van der Waals surface area contributed by atoms with Crippen molar-refractivity contribution in [3.63, 3.8) is 0 Å². The van der Waals surface area contributed by atoms with Gasteiger partial charge in [-0.25, -0.2) is 0 Å². The van der Waals surface area contributed by atoms with Crippen molar-refractivity contribution >= 4 is 5.69 Å². The predicted octanol–water partition coefficient (Wildman–Crippen LogP) is 2.52. The Morgan fingerprint density at radius 2 is 2.06 bits per heavy atom. The second kappa shape index (κ2) is 4.83. The lowest BCUT2D eigenvalue weighted by atomic mass is 9.78. The summed E-state index contributed by atoms with van der Waals surface area (Å²) in [6, 6.07) is 1.75. The standard InChI is InChI=1S/C13H20N2O/c1-9-2-4-10(5-3-9)13(16)11-8-15-7-6-12(11)14/h6-10,13,16H,2-5H2,1H3,(H2,14,15). The van der Waals surface area contributed by atoms with E-state index in [9.17, 15) is 5.11 Å². The van der Waals surface area contributed by atoms with E-state index in [0.29, 0.717) is 11.6 Å². The van der Waals surface area contributed by atoms with E-state index in [1.165, 1.54) is 12.8 Å². The van der Waals surface area contributed by atoms with Crippen LogP contribution in [0.25, 0.3) is 0 Å². The Morgan fingerprint density at radius 1 is 1.38 bits per heavy atom. The summed E-state index contributed by atoms with van der Waals surface area (Å²) >= 11 is 0. The Hall–Kier alpha value is -1.09. The van der Waals surface area contributed by atoms with Crippen molar-refractivity contribution in [3.05, 3.63) is 24.0 Å². The van der Waals surface area contributed by atoms with Crippen molar-refractivity contribution < 1.29 is 5.11 Å². The number of rotatable bonds is 2. The summed E-state index contributed by atoms with van der Waals surface area (Å²) in [5.74, 6) is 1.15. The summed E-state index contributed by atoms with van der Waals surface area (Å²) in [6.45, 7) is 2.28. The fraction of sp³-hybridized carbons (Fsp3) is 0.615. The Balaban J connectivity index is 2.07. The molecule has 3 N–H and O–H groups in total. The van der Waals surface area contributed by atoms with Crippen LogP contribution in [0.5, 0.6) is 0 Å². The van der Waals surface area contributed by atoms with Crippen molar-refractivity contribution in [3.8, 4) is 0 Å². The molecule has 0 spiro atoms. The van der Waals surface area contributed by atoms with Gasteiger partial charge < -0.3 is 10.8 Å². The molecule has 1 fully saturated rings. The Morgan fingerprint density at radius 3 is 2.69 bits per heavy atom. The fourth-order valence-electron chi connectivity index (χ4n) is 2.52. The molecule has 1 saturated carbocycles. The third-order valence-corrected chi connectivity index (χ3v) is 3.71. The minimum atomic E-state index is -0.443. The van der Waals surface area contributed by atoms with Crippen LogP contribution in [0.3, 0.4) is 0 Å². The van der Waals surface area contributed by atoms with Crippen molar-refractivity contribution in [2.24, 2.45) is 11.8 Å². The van der Waals surface area contributed by atoms with E-state index < -0.39 is 6.10 Å². The van der Waals surface area contributed by atoms with Gasteiger partial charge in [0.15, 0.2) is 0 Å². The van der Waals surface area contributed by atoms with E-state index >= 15 is 0 Å². The lowest BCUT2D eigenvalue weighted by Crippen LogP contribution is -2.20. The highest BCUT2D eigenvalue weighted by Crippen LogP contribution is 2.37. The molecule has 1 aliphatic rings. The molecular weight excluding hydrogens is 200 g/mol. The maximum absolute atomic E-state index is 10.3. The van der Waals surface area contributed by atoms with Gasteiger partial charge in [0.05, 0.1) is 6.10 Å².